The molecule has 1 saturated carbocycles. The van der Waals surface area contributed by atoms with Gasteiger partial charge in [0.15, 0.2) is 0 Å². The number of rotatable bonds is 5. The molecule has 0 atom stereocenters. The van der Waals surface area contributed by atoms with Crippen molar-refractivity contribution in [2.24, 2.45) is 5.73 Å². The lowest BCUT2D eigenvalue weighted by Gasteiger charge is -2.14. The van der Waals surface area contributed by atoms with Crippen LogP contribution < -0.4 is 10.5 Å². The van der Waals surface area contributed by atoms with Crippen LogP contribution in [0.5, 0.6) is 0 Å². The van der Waals surface area contributed by atoms with Crippen molar-refractivity contribution in [2.45, 2.75) is 22.5 Å². The summed E-state index contributed by atoms with van der Waals surface area (Å²) in [4.78, 5) is 0.0827. The fraction of sp³-hybridized carbons (Fsp3) is 0.429. The van der Waals surface area contributed by atoms with Crippen LogP contribution in [0, 0.1) is 11.8 Å². The minimum Gasteiger partial charge on any atom is -0.320 e. The normalized spacial score (nSPS) is 16.1. The van der Waals surface area contributed by atoms with E-state index in [4.69, 9.17) is 17.3 Å². The molecule has 0 saturated heterocycles. The number of thioether (sulfide) groups is 1. The summed E-state index contributed by atoms with van der Waals surface area (Å²) in [6, 6.07) is 4.65. The molecular weight excluding hydrogens is 328 g/mol. The first-order valence-electron chi connectivity index (χ1n) is 6.46. The standard InChI is InChI=1S/C14H17ClN2O2S2/c1-20-14(6-7-14)10-17-21(18,19)13-5-4-11(3-2-8-16)9-12(13)15/h4-5,9,17H,6-8,10,16H2,1H3. The largest absolute Gasteiger partial charge is 0.320 e. The Morgan fingerprint density at radius 3 is 2.71 bits per heavy atom. The number of benzene rings is 1. The van der Waals surface area contributed by atoms with Gasteiger partial charge in [0.2, 0.25) is 10.0 Å². The fourth-order valence-electron chi connectivity index (χ4n) is 1.85. The molecule has 2 rings (SSSR count). The summed E-state index contributed by atoms with van der Waals surface area (Å²) in [5.74, 6) is 5.52. The predicted octanol–water partition coefficient (Wildman–Crippen LogP) is 1.82. The molecule has 7 heteroatoms. The highest BCUT2D eigenvalue weighted by atomic mass is 35.5. The number of nitrogens with two attached hydrogens (primary N) is 1. The molecule has 0 aromatic heterocycles. The van der Waals surface area contributed by atoms with Crippen molar-refractivity contribution in [1.29, 1.82) is 0 Å². The summed E-state index contributed by atoms with van der Waals surface area (Å²) in [6.45, 7) is 0.678. The summed E-state index contributed by atoms with van der Waals surface area (Å²) in [6.07, 6.45) is 4.08. The molecule has 0 amide bonds. The van der Waals surface area contributed by atoms with E-state index in [2.05, 4.69) is 16.6 Å². The first kappa shape index (κ1) is 16.7. The molecule has 0 radical (unpaired) electrons. The van der Waals surface area contributed by atoms with Crippen LogP contribution in [0.4, 0.5) is 0 Å². The molecule has 114 valence electrons. The second-order valence-corrected chi connectivity index (χ2v) is 8.28. The van der Waals surface area contributed by atoms with Gasteiger partial charge in [0.05, 0.1) is 11.6 Å². The number of nitrogens with one attached hydrogen (secondary N) is 1. The smallest absolute Gasteiger partial charge is 0.242 e. The summed E-state index contributed by atoms with van der Waals surface area (Å²) in [7, 11) is -3.60. The number of hydrogen-bond acceptors (Lipinski definition) is 4. The van der Waals surface area contributed by atoms with Crippen molar-refractivity contribution in [2.75, 3.05) is 19.3 Å². The van der Waals surface area contributed by atoms with Crippen molar-refractivity contribution in [3.63, 3.8) is 0 Å². The molecule has 1 aliphatic rings. The Labute approximate surface area is 134 Å². The topological polar surface area (TPSA) is 72.2 Å². The molecular formula is C14H17ClN2O2S2. The van der Waals surface area contributed by atoms with Gasteiger partial charge in [0.25, 0.3) is 0 Å². The molecule has 1 aliphatic carbocycles. The maximum Gasteiger partial charge on any atom is 0.242 e. The Morgan fingerprint density at radius 1 is 1.48 bits per heavy atom. The highest BCUT2D eigenvalue weighted by Crippen LogP contribution is 2.46. The maximum atomic E-state index is 12.3. The average Bonchev–Trinajstić information content (AvgIpc) is 3.23. The third kappa shape index (κ3) is 4.15. The van der Waals surface area contributed by atoms with Crippen LogP contribution in [-0.4, -0.2) is 32.5 Å². The molecule has 3 N–H and O–H groups in total. The summed E-state index contributed by atoms with van der Waals surface area (Å²) in [5, 5.41) is 0.167. The van der Waals surface area contributed by atoms with E-state index in [0.717, 1.165) is 12.8 Å². The van der Waals surface area contributed by atoms with Gasteiger partial charge in [-0.25, -0.2) is 13.1 Å². The minimum atomic E-state index is -3.60. The van der Waals surface area contributed by atoms with Crippen LogP contribution in [0.2, 0.25) is 5.02 Å². The molecule has 21 heavy (non-hydrogen) atoms. The van der Waals surface area contributed by atoms with Crippen molar-refractivity contribution < 1.29 is 8.42 Å². The lowest BCUT2D eigenvalue weighted by atomic mass is 10.2. The highest BCUT2D eigenvalue weighted by Gasteiger charge is 2.42. The van der Waals surface area contributed by atoms with Gasteiger partial charge in [-0.15, -0.1) is 0 Å². The highest BCUT2D eigenvalue weighted by molar-refractivity contribution is 8.00. The monoisotopic (exact) mass is 344 g/mol. The second-order valence-electron chi connectivity index (χ2n) is 4.86. The third-order valence-corrected chi connectivity index (χ3v) is 6.68. The predicted molar refractivity (Wildman–Crippen MR) is 88.1 cm³/mol. The molecule has 0 spiro atoms. The van der Waals surface area contributed by atoms with Crippen LogP contribution in [0.3, 0.4) is 0 Å². The van der Waals surface area contributed by atoms with Crippen LogP contribution in [0.25, 0.3) is 0 Å². The van der Waals surface area contributed by atoms with Gasteiger partial charge in [0, 0.05) is 16.9 Å². The first-order chi connectivity index (χ1) is 9.92. The van der Waals surface area contributed by atoms with Crippen molar-refractivity contribution in [1.82, 2.24) is 4.72 Å². The van der Waals surface area contributed by atoms with Gasteiger partial charge in [0.1, 0.15) is 4.90 Å². The van der Waals surface area contributed by atoms with E-state index in [1.54, 1.807) is 23.9 Å². The Kier molecular flexibility index (Phi) is 5.23. The molecule has 1 fully saturated rings. The molecule has 0 heterocycles. The third-order valence-electron chi connectivity index (χ3n) is 3.38. The molecule has 4 nitrogen and oxygen atoms in total. The van der Waals surface area contributed by atoms with Gasteiger partial charge >= 0.3 is 0 Å². The Bertz CT molecular complexity index is 689. The molecule has 0 unspecified atom stereocenters. The van der Waals surface area contributed by atoms with Crippen molar-refractivity contribution in [3.8, 4) is 11.8 Å². The molecule has 1 aromatic carbocycles. The number of hydrogen-bond donors (Lipinski definition) is 2. The Morgan fingerprint density at radius 2 is 2.19 bits per heavy atom. The van der Waals surface area contributed by atoms with Crippen molar-refractivity contribution in [3.05, 3.63) is 28.8 Å². The summed E-state index contributed by atoms with van der Waals surface area (Å²) >= 11 is 7.77. The van der Waals surface area contributed by atoms with Crippen molar-refractivity contribution >= 4 is 33.4 Å². The zero-order valence-corrected chi connectivity index (χ0v) is 14.0. The Hall–Kier alpha value is -0.710. The van der Waals surface area contributed by atoms with E-state index in [1.165, 1.54) is 6.07 Å². The number of halogens is 1. The lowest BCUT2D eigenvalue weighted by molar-refractivity contribution is 0.580. The van der Waals surface area contributed by atoms with Gasteiger partial charge in [-0.3, -0.25) is 0 Å². The van der Waals surface area contributed by atoms with E-state index in [9.17, 15) is 8.42 Å². The average molecular weight is 345 g/mol. The van der Waals surface area contributed by atoms with Gasteiger partial charge in [-0.05, 0) is 37.3 Å². The van der Waals surface area contributed by atoms with E-state index < -0.39 is 10.0 Å². The molecule has 0 bridgehead atoms. The quantitative estimate of drug-likeness (QED) is 0.799. The fourth-order valence-corrected chi connectivity index (χ4v) is 4.33. The Balaban J connectivity index is 2.16. The van der Waals surface area contributed by atoms with Crippen LogP contribution in [0.15, 0.2) is 23.1 Å². The molecule has 1 aromatic rings. The van der Waals surface area contributed by atoms with Crippen LogP contribution in [0.1, 0.15) is 18.4 Å². The first-order valence-corrected chi connectivity index (χ1v) is 9.54. The number of sulfonamides is 1. The van der Waals surface area contributed by atoms with Crippen LogP contribution in [-0.2, 0) is 10.0 Å². The van der Waals surface area contributed by atoms with Gasteiger partial charge in [-0.2, -0.15) is 11.8 Å². The maximum absolute atomic E-state index is 12.3. The van der Waals surface area contributed by atoms with E-state index in [-0.39, 0.29) is 21.2 Å². The zero-order chi connectivity index (χ0) is 15.5. The summed E-state index contributed by atoms with van der Waals surface area (Å²) < 4.78 is 27.3. The van der Waals surface area contributed by atoms with E-state index >= 15 is 0 Å². The molecule has 0 aliphatic heterocycles. The second kappa shape index (κ2) is 6.59. The van der Waals surface area contributed by atoms with Crippen LogP contribution >= 0.6 is 23.4 Å². The minimum absolute atomic E-state index is 0.0616. The van der Waals surface area contributed by atoms with Gasteiger partial charge in [-0.1, -0.05) is 23.4 Å². The van der Waals surface area contributed by atoms with Gasteiger partial charge < -0.3 is 5.73 Å². The van der Waals surface area contributed by atoms with E-state index in [0.29, 0.717) is 12.1 Å². The van der Waals surface area contributed by atoms with E-state index in [1.807, 2.05) is 6.26 Å². The lowest BCUT2D eigenvalue weighted by Crippen LogP contribution is -2.31. The zero-order valence-electron chi connectivity index (χ0n) is 11.6. The SMILES string of the molecule is CSC1(CNS(=O)(=O)c2ccc(C#CCN)cc2Cl)CC1. The summed E-state index contributed by atoms with van der Waals surface area (Å²) in [5.41, 5.74) is 5.94.